The van der Waals surface area contributed by atoms with Crippen LogP contribution < -0.4 is 4.72 Å². The lowest BCUT2D eigenvalue weighted by Gasteiger charge is -2.32. The molecule has 0 saturated carbocycles. The van der Waals surface area contributed by atoms with Gasteiger partial charge in [0.25, 0.3) is 5.91 Å². The zero-order chi connectivity index (χ0) is 18.7. The van der Waals surface area contributed by atoms with Gasteiger partial charge in [0.15, 0.2) is 0 Å². The van der Waals surface area contributed by atoms with E-state index in [2.05, 4.69) is 4.72 Å². The Bertz CT molecular complexity index is 866. The third kappa shape index (κ3) is 4.31. The zero-order valence-electron chi connectivity index (χ0n) is 15.1. The number of carbonyl (C=O) groups excluding carboxylic acids is 1. The number of sulfonamides is 1. The molecule has 5 nitrogen and oxygen atoms in total. The Morgan fingerprint density at radius 3 is 1.96 bits per heavy atom. The van der Waals surface area contributed by atoms with Crippen LogP contribution in [0, 0.1) is 13.8 Å². The van der Waals surface area contributed by atoms with Crippen molar-refractivity contribution in [1.29, 1.82) is 0 Å². The van der Waals surface area contributed by atoms with Gasteiger partial charge in [0, 0.05) is 24.7 Å². The summed E-state index contributed by atoms with van der Waals surface area (Å²) in [7, 11) is -3.52. The molecule has 1 fully saturated rings. The van der Waals surface area contributed by atoms with E-state index in [1.165, 1.54) is 0 Å². The highest BCUT2D eigenvalue weighted by Gasteiger charge is 2.27. The lowest BCUT2D eigenvalue weighted by Crippen LogP contribution is -2.46. The summed E-state index contributed by atoms with van der Waals surface area (Å²) < 4.78 is 27.7. The Labute approximate surface area is 155 Å². The Morgan fingerprint density at radius 2 is 1.42 bits per heavy atom. The highest BCUT2D eigenvalue weighted by atomic mass is 32.2. The highest BCUT2D eigenvalue weighted by molar-refractivity contribution is 7.89. The average molecular weight is 372 g/mol. The Hall–Kier alpha value is -2.18. The van der Waals surface area contributed by atoms with E-state index in [-0.39, 0.29) is 16.8 Å². The first-order chi connectivity index (χ1) is 12.3. The monoisotopic (exact) mass is 372 g/mol. The third-order valence-electron chi connectivity index (χ3n) is 4.73. The lowest BCUT2D eigenvalue weighted by molar-refractivity contribution is 0.0711. The maximum Gasteiger partial charge on any atom is 0.253 e. The second-order valence-electron chi connectivity index (χ2n) is 6.87. The largest absolute Gasteiger partial charge is 0.339 e. The van der Waals surface area contributed by atoms with Crippen molar-refractivity contribution < 1.29 is 13.2 Å². The van der Waals surface area contributed by atoms with Gasteiger partial charge in [-0.1, -0.05) is 35.4 Å². The smallest absolute Gasteiger partial charge is 0.253 e. The maximum absolute atomic E-state index is 12.5. The van der Waals surface area contributed by atoms with Crippen molar-refractivity contribution in [3.63, 3.8) is 0 Å². The highest BCUT2D eigenvalue weighted by Crippen LogP contribution is 2.17. The zero-order valence-corrected chi connectivity index (χ0v) is 15.9. The van der Waals surface area contributed by atoms with Crippen molar-refractivity contribution in [2.24, 2.45) is 0 Å². The number of hydrogen-bond donors (Lipinski definition) is 1. The van der Waals surface area contributed by atoms with E-state index < -0.39 is 10.0 Å². The van der Waals surface area contributed by atoms with E-state index in [4.69, 9.17) is 0 Å². The molecule has 1 saturated heterocycles. The van der Waals surface area contributed by atoms with Crippen molar-refractivity contribution in [2.75, 3.05) is 13.1 Å². The molecule has 0 unspecified atom stereocenters. The number of nitrogens with zero attached hydrogens (tertiary/aromatic N) is 1. The third-order valence-corrected chi connectivity index (χ3v) is 6.27. The van der Waals surface area contributed by atoms with Crippen LogP contribution in [0.4, 0.5) is 0 Å². The van der Waals surface area contributed by atoms with Gasteiger partial charge in [-0.3, -0.25) is 4.79 Å². The van der Waals surface area contributed by atoms with E-state index in [1.54, 1.807) is 29.2 Å². The minimum absolute atomic E-state index is 0.00448. The predicted molar refractivity (Wildman–Crippen MR) is 102 cm³/mol. The summed E-state index contributed by atoms with van der Waals surface area (Å²) in [4.78, 5) is 14.6. The number of piperidine rings is 1. The van der Waals surface area contributed by atoms with E-state index in [9.17, 15) is 13.2 Å². The SMILES string of the molecule is Cc1ccc(C(=O)N2CCC(NS(=O)(=O)c3ccc(C)cc3)CC2)cc1. The lowest BCUT2D eigenvalue weighted by atomic mass is 10.0. The molecule has 1 N–H and O–H groups in total. The Kier molecular flexibility index (Phi) is 5.44. The van der Waals surface area contributed by atoms with Crippen LogP contribution >= 0.6 is 0 Å². The summed E-state index contributed by atoms with van der Waals surface area (Å²) in [6, 6.07) is 14.2. The molecule has 2 aromatic rings. The van der Waals surface area contributed by atoms with Crippen LogP contribution in [-0.2, 0) is 10.0 Å². The Balaban J connectivity index is 1.59. The van der Waals surface area contributed by atoms with Crippen LogP contribution in [0.25, 0.3) is 0 Å². The van der Waals surface area contributed by atoms with E-state index in [1.807, 2.05) is 38.1 Å². The summed E-state index contributed by atoms with van der Waals surface area (Å²) >= 11 is 0. The fourth-order valence-corrected chi connectivity index (χ4v) is 4.39. The van der Waals surface area contributed by atoms with Gasteiger partial charge in [-0.25, -0.2) is 13.1 Å². The molecule has 0 spiro atoms. The number of aryl methyl sites for hydroxylation is 2. The number of nitrogens with one attached hydrogen (secondary N) is 1. The average Bonchev–Trinajstić information content (AvgIpc) is 2.62. The minimum atomic E-state index is -3.52. The van der Waals surface area contributed by atoms with Gasteiger partial charge in [-0.05, 0) is 51.0 Å². The van der Waals surface area contributed by atoms with Gasteiger partial charge < -0.3 is 4.90 Å². The molecule has 26 heavy (non-hydrogen) atoms. The molecule has 0 aliphatic carbocycles. The quantitative estimate of drug-likeness (QED) is 0.897. The first-order valence-corrected chi connectivity index (χ1v) is 10.3. The van der Waals surface area contributed by atoms with E-state index >= 15 is 0 Å². The molecule has 138 valence electrons. The molecule has 0 bridgehead atoms. The number of benzene rings is 2. The Morgan fingerprint density at radius 1 is 0.923 bits per heavy atom. The molecule has 0 atom stereocenters. The molecular formula is C20H24N2O3S. The minimum Gasteiger partial charge on any atom is -0.339 e. The van der Waals surface area contributed by atoms with Crippen molar-refractivity contribution in [3.8, 4) is 0 Å². The van der Waals surface area contributed by atoms with Crippen LogP contribution in [0.5, 0.6) is 0 Å². The molecule has 1 amide bonds. The molecule has 1 aliphatic heterocycles. The summed E-state index contributed by atoms with van der Waals surface area (Å²) in [5.74, 6) is 0.00448. The number of rotatable bonds is 4. The first kappa shape index (κ1) is 18.6. The fourth-order valence-electron chi connectivity index (χ4n) is 3.08. The van der Waals surface area contributed by atoms with Crippen LogP contribution in [0.3, 0.4) is 0 Å². The van der Waals surface area contributed by atoms with Crippen LogP contribution in [0.15, 0.2) is 53.4 Å². The predicted octanol–water partition coefficient (Wildman–Crippen LogP) is 2.89. The maximum atomic E-state index is 12.5. The molecular weight excluding hydrogens is 348 g/mol. The fraction of sp³-hybridized carbons (Fsp3) is 0.350. The summed E-state index contributed by atoms with van der Waals surface area (Å²) in [5.41, 5.74) is 2.81. The van der Waals surface area contributed by atoms with Gasteiger partial charge in [0.1, 0.15) is 0 Å². The number of hydrogen-bond acceptors (Lipinski definition) is 3. The topological polar surface area (TPSA) is 66.5 Å². The summed E-state index contributed by atoms with van der Waals surface area (Å²) in [5, 5.41) is 0. The molecule has 1 aliphatic rings. The van der Waals surface area contributed by atoms with Crippen LogP contribution in [-0.4, -0.2) is 38.4 Å². The molecule has 6 heteroatoms. The van der Waals surface area contributed by atoms with Crippen molar-refractivity contribution in [2.45, 2.75) is 37.6 Å². The van der Waals surface area contributed by atoms with Gasteiger partial charge in [-0.15, -0.1) is 0 Å². The van der Waals surface area contributed by atoms with Crippen molar-refractivity contribution in [3.05, 3.63) is 65.2 Å². The molecule has 1 heterocycles. The number of carbonyl (C=O) groups is 1. The van der Waals surface area contributed by atoms with Crippen LogP contribution in [0.2, 0.25) is 0 Å². The van der Waals surface area contributed by atoms with E-state index in [0.717, 1.165) is 11.1 Å². The molecule has 3 rings (SSSR count). The summed E-state index contributed by atoms with van der Waals surface area (Å²) in [6.07, 6.45) is 1.23. The van der Waals surface area contributed by atoms with Gasteiger partial charge in [0.05, 0.1) is 4.90 Å². The van der Waals surface area contributed by atoms with Crippen LogP contribution in [0.1, 0.15) is 34.3 Å². The normalized spacial score (nSPS) is 15.8. The second kappa shape index (κ2) is 7.60. The van der Waals surface area contributed by atoms with Gasteiger partial charge >= 0.3 is 0 Å². The number of amides is 1. The molecule has 0 radical (unpaired) electrons. The number of likely N-dealkylation sites (tertiary alicyclic amines) is 1. The summed E-state index contributed by atoms with van der Waals surface area (Å²) in [6.45, 7) is 5.01. The molecule has 0 aromatic heterocycles. The second-order valence-corrected chi connectivity index (χ2v) is 8.58. The van der Waals surface area contributed by atoms with E-state index in [0.29, 0.717) is 31.5 Å². The van der Waals surface area contributed by atoms with Gasteiger partial charge in [0.2, 0.25) is 10.0 Å². The van der Waals surface area contributed by atoms with Gasteiger partial charge in [-0.2, -0.15) is 0 Å². The van der Waals surface area contributed by atoms with Crippen molar-refractivity contribution in [1.82, 2.24) is 9.62 Å². The first-order valence-electron chi connectivity index (χ1n) is 8.80. The standard InChI is InChI=1S/C20H24N2O3S/c1-15-3-7-17(8-4-15)20(23)22-13-11-18(12-14-22)21-26(24,25)19-9-5-16(2)6-10-19/h3-10,18,21H,11-14H2,1-2H3. The molecule has 2 aromatic carbocycles. The van der Waals surface area contributed by atoms with Crippen molar-refractivity contribution >= 4 is 15.9 Å².